The maximum Gasteiger partial charge on any atom is 0.338 e. The normalized spacial score (nSPS) is 11.6. The van der Waals surface area contributed by atoms with Gasteiger partial charge in [-0.3, -0.25) is 4.79 Å². The van der Waals surface area contributed by atoms with Gasteiger partial charge in [0, 0.05) is 12.3 Å². The van der Waals surface area contributed by atoms with Crippen molar-refractivity contribution in [3.05, 3.63) is 87.3 Å². The Balaban J connectivity index is 1.73. The lowest BCUT2D eigenvalue weighted by atomic mass is 10.1. The second-order valence-corrected chi connectivity index (χ2v) is 8.33. The number of pyridine rings is 1. The molecule has 0 bridgehead atoms. The number of carbonyl (C=O) groups excluding carboxylic acids is 2. The lowest BCUT2D eigenvalue weighted by Crippen LogP contribution is -2.27. The van der Waals surface area contributed by atoms with Crippen LogP contribution in [-0.2, 0) is 4.74 Å². The first-order valence-electron chi connectivity index (χ1n) is 10.6. The summed E-state index contributed by atoms with van der Waals surface area (Å²) in [5.41, 5.74) is 1.25. The van der Waals surface area contributed by atoms with Gasteiger partial charge in [-0.2, -0.15) is 0 Å². The van der Waals surface area contributed by atoms with Crippen molar-refractivity contribution in [2.45, 2.75) is 32.7 Å². The molecular weight excluding hydrogens is 482 g/mol. The smallest absolute Gasteiger partial charge is 0.338 e. The average molecular weight is 505 g/mol. The molecule has 0 aliphatic carbocycles. The van der Waals surface area contributed by atoms with Crippen LogP contribution in [0.15, 0.2) is 54.7 Å². The summed E-state index contributed by atoms with van der Waals surface area (Å²) in [6, 6.07) is 11.4. The van der Waals surface area contributed by atoms with Crippen molar-refractivity contribution in [1.82, 2.24) is 10.3 Å². The molecule has 0 saturated heterocycles. The molecule has 0 radical (unpaired) electrons. The molecule has 0 aliphatic rings. The van der Waals surface area contributed by atoms with Gasteiger partial charge >= 0.3 is 5.97 Å². The first-order valence-corrected chi connectivity index (χ1v) is 11.4. The zero-order valence-electron chi connectivity index (χ0n) is 18.6. The van der Waals surface area contributed by atoms with Crippen LogP contribution in [-0.4, -0.2) is 23.5 Å². The SMILES string of the molecule is CCCCOC(=O)c1ccc([C@H](C)NC(=O)c2cc(Cl)cnc2Oc2cc(F)ccc2Cl)cc1. The fourth-order valence-corrected chi connectivity index (χ4v) is 3.30. The first kappa shape index (κ1) is 25.5. The van der Waals surface area contributed by atoms with Crippen molar-refractivity contribution >= 4 is 35.1 Å². The predicted molar refractivity (Wildman–Crippen MR) is 128 cm³/mol. The van der Waals surface area contributed by atoms with Gasteiger partial charge in [0.05, 0.1) is 28.3 Å². The number of amides is 1. The van der Waals surface area contributed by atoms with Gasteiger partial charge in [-0.1, -0.05) is 48.7 Å². The largest absolute Gasteiger partial charge is 0.462 e. The van der Waals surface area contributed by atoms with Crippen LogP contribution in [0, 0.1) is 5.82 Å². The van der Waals surface area contributed by atoms with E-state index < -0.39 is 17.8 Å². The van der Waals surface area contributed by atoms with E-state index in [1.807, 2.05) is 6.92 Å². The molecule has 3 aromatic rings. The standard InChI is InChI=1S/C25H23Cl2FN2O4/c1-3-4-11-33-25(32)17-7-5-16(6-8-17)15(2)30-23(31)20-12-18(26)14-29-24(20)34-22-13-19(28)9-10-21(22)27/h5-10,12-15H,3-4,11H2,1-2H3,(H,30,31)/t15-/m0/s1. The summed E-state index contributed by atoms with van der Waals surface area (Å²) in [4.78, 5) is 29.1. The summed E-state index contributed by atoms with van der Waals surface area (Å²) < 4.78 is 24.4. The van der Waals surface area contributed by atoms with Crippen LogP contribution >= 0.6 is 23.2 Å². The number of nitrogens with one attached hydrogen (secondary N) is 1. The van der Waals surface area contributed by atoms with E-state index in [9.17, 15) is 14.0 Å². The Labute approximate surface area is 207 Å². The number of halogens is 3. The highest BCUT2D eigenvalue weighted by Crippen LogP contribution is 2.32. The molecule has 0 saturated carbocycles. The number of nitrogens with zero attached hydrogens (tertiary/aromatic N) is 1. The molecule has 2 aromatic carbocycles. The Bertz CT molecular complexity index is 1170. The molecule has 6 nitrogen and oxygen atoms in total. The molecule has 0 spiro atoms. The summed E-state index contributed by atoms with van der Waals surface area (Å²) in [5.74, 6) is -1.51. The molecule has 0 fully saturated rings. The van der Waals surface area contributed by atoms with Gasteiger partial charge in [-0.15, -0.1) is 0 Å². The number of hydrogen-bond donors (Lipinski definition) is 1. The van der Waals surface area contributed by atoms with Crippen molar-refractivity contribution < 1.29 is 23.5 Å². The van der Waals surface area contributed by atoms with E-state index in [-0.39, 0.29) is 33.2 Å². The number of benzene rings is 2. The number of esters is 1. The van der Waals surface area contributed by atoms with Gasteiger partial charge in [0.1, 0.15) is 11.4 Å². The minimum Gasteiger partial charge on any atom is -0.462 e. The zero-order valence-corrected chi connectivity index (χ0v) is 20.1. The quantitative estimate of drug-likeness (QED) is 0.257. The lowest BCUT2D eigenvalue weighted by Gasteiger charge is -2.16. The van der Waals surface area contributed by atoms with Crippen molar-refractivity contribution in [1.29, 1.82) is 0 Å². The third-order valence-corrected chi connectivity index (χ3v) is 5.41. The molecule has 9 heteroatoms. The number of unbranched alkanes of at least 4 members (excludes halogenated alkanes) is 1. The van der Waals surface area contributed by atoms with Gasteiger partial charge in [0.15, 0.2) is 5.75 Å². The van der Waals surface area contributed by atoms with Crippen LogP contribution in [0.25, 0.3) is 0 Å². The molecule has 178 valence electrons. The lowest BCUT2D eigenvalue weighted by molar-refractivity contribution is 0.0499. The van der Waals surface area contributed by atoms with Crippen molar-refractivity contribution in [3.8, 4) is 11.6 Å². The molecule has 34 heavy (non-hydrogen) atoms. The summed E-state index contributed by atoms with van der Waals surface area (Å²) in [6.45, 7) is 4.18. The summed E-state index contributed by atoms with van der Waals surface area (Å²) in [5, 5.41) is 3.22. The molecule has 1 atom stereocenters. The van der Waals surface area contributed by atoms with Gasteiger partial charge in [-0.05, 0) is 49.2 Å². The van der Waals surface area contributed by atoms with E-state index in [0.29, 0.717) is 12.2 Å². The van der Waals surface area contributed by atoms with Crippen LogP contribution in [0.5, 0.6) is 11.6 Å². The Hall–Kier alpha value is -3.16. The molecule has 1 heterocycles. The average Bonchev–Trinajstić information content (AvgIpc) is 2.82. The van der Waals surface area contributed by atoms with E-state index in [4.69, 9.17) is 32.7 Å². The molecule has 1 amide bonds. The minimum atomic E-state index is -0.550. The van der Waals surface area contributed by atoms with Crippen molar-refractivity contribution in [2.24, 2.45) is 0 Å². The Morgan fingerprint density at radius 2 is 1.85 bits per heavy atom. The minimum absolute atomic E-state index is 0.0139. The predicted octanol–water partition coefficient (Wildman–Crippen LogP) is 6.77. The van der Waals surface area contributed by atoms with Crippen molar-refractivity contribution in [2.75, 3.05) is 6.61 Å². The van der Waals surface area contributed by atoms with Gasteiger partial charge in [0.25, 0.3) is 5.91 Å². The highest BCUT2D eigenvalue weighted by atomic mass is 35.5. The summed E-state index contributed by atoms with van der Waals surface area (Å²) in [7, 11) is 0. The van der Waals surface area contributed by atoms with Gasteiger partial charge < -0.3 is 14.8 Å². The topological polar surface area (TPSA) is 77.5 Å². The number of rotatable bonds is 9. The summed E-state index contributed by atoms with van der Waals surface area (Å²) >= 11 is 12.1. The molecule has 0 unspecified atom stereocenters. The second kappa shape index (κ2) is 11.8. The first-order chi connectivity index (χ1) is 16.3. The zero-order chi connectivity index (χ0) is 24.7. The molecule has 0 aliphatic heterocycles. The third-order valence-electron chi connectivity index (χ3n) is 4.89. The van der Waals surface area contributed by atoms with Crippen LogP contribution in [0.2, 0.25) is 10.0 Å². The number of carbonyl (C=O) groups is 2. The van der Waals surface area contributed by atoms with Gasteiger partial charge in [0.2, 0.25) is 5.88 Å². The number of hydrogen-bond acceptors (Lipinski definition) is 5. The van der Waals surface area contributed by atoms with Crippen molar-refractivity contribution in [3.63, 3.8) is 0 Å². The van der Waals surface area contributed by atoms with E-state index in [2.05, 4.69) is 10.3 Å². The fraction of sp³-hybridized carbons (Fsp3) is 0.240. The maximum atomic E-state index is 13.6. The van der Waals surface area contributed by atoms with Crippen LogP contribution in [0.1, 0.15) is 59.0 Å². The van der Waals surface area contributed by atoms with E-state index >= 15 is 0 Å². The van der Waals surface area contributed by atoms with E-state index in [1.54, 1.807) is 31.2 Å². The molecular formula is C25H23Cl2FN2O4. The highest BCUT2D eigenvalue weighted by Gasteiger charge is 2.20. The van der Waals surface area contributed by atoms with Crippen LogP contribution < -0.4 is 10.1 Å². The van der Waals surface area contributed by atoms with E-state index in [1.165, 1.54) is 24.4 Å². The molecule has 3 rings (SSSR count). The van der Waals surface area contributed by atoms with Crippen LogP contribution in [0.3, 0.4) is 0 Å². The Morgan fingerprint density at radius 1 is 1.12 bits per heavy atom. The van der Waals surface area contributed by atoms with Gasteiger partial charge in [-0.25, -0.2) is 14.2 Å². The second-order valence-electron chi connectivity index (χ2n) is 7.49. The maximum absolute atomic E-state index is 13.6. The summed E-state index contributed by atoms with van der Waals surface area (Å²) in [6.07, 6.45) is 3.05. The monoisotopic (exact) mass is 504 g/mol. The Morgan fingerprint density at radius 3 is 2.56 bits per heavy atom. The Kier molecular flexibility index (Phi) is 8.85. The van der Waals surface area contributed by atoms with E-state index in [0.717, 1.165) is 24.5 Å². The number of aromatic nitrogens is 1. The van der Waals surface area contributed by atoms with Crippen LogP contribution in [0.4, 0.5) is 4.39 Å². The molecule has 1 N–H and O–H groups in total. The third kappa shape index (κ3) is 6.68. The fourth-order valence-electron chi connectivity index (χ4n) is 2.99. The number of ether oxygens (including phenoxy) is 2. The highest BCUT2D eigenvalue weighted by molar-refractivity contribution is 6.32. The molecule has 1 aromatic heterocycles.